The van der Waals surface area contributed by atoms with Crippen molar-refractivity contribution in [2.75, 3.05) is 0 Å². The number of benzene rings is 2. The molecule has 2 aromatic carbocycles. The molecule has 0 fully saturated rings. The fourth-order valence-electron chi connectivity index (χ4n) is 3.52. The van der Waals surface area contributed by atoms with Crippen molar-refractivity contribution in [1.82, 2.24) is 5.32 Å². The Morgan fingerprint density at radius 3 is 2.36 bits per heavy atom. The van der Waals surface area contributed by atoms with Crippen LogP contribution in [0.15, 0.2) is 54.6 Å². The minimum atomic E-state index is -4.43. The van der Waals surface area contributed by atoms with E-state index in [2.05, 4.69) is 12.2 Å². The molecule has 3 rings (SSSR count). The third-order valence-electron chi connectivity index (χ3n) is 5.28. The van der Waals surface area contributed by atoms with E-state index in [1.54, 1.807) is 30.3 Å². The summed E-state index contributed by atoms with van der Waals surface area (Å²) in [5.74, 6) is -1.59. The molecule has 0 aliphatic carbocycles. The molecule has 2 N–H and O–H groups in total. The van der Waals surface area contributed by atoms with Gasteiger partial charge < -0.3 is 10.4 Å². The van der Waals surface area contributed by atoms with Gasteiger partial charge in [-0.05, 0) is 53.8 Å². The van der Waals surface area contributed by atoms with Gasteiger partial charge in [0.25, 0.3) is 5.91 Å². The van der Waals surface area contributed by atoms with Crippen LogP contribution in [0, 0.1) is 6.92 Å². The first-order valence-corrected chi connectivity index (χ1v) is 11.3. The molecule has 3 aromatic rings. The molecule has 0 aliphatic heterocycles. The fourth-order valence-corrected chi connectivity index (χ4v) is 4.50. The quantitative estimate of drug-likeness (QED) is 0.412. The molecule has 1 heterocycles. The number of thiophene rings is 1. The van der Waals surface area contributed by atoms with Gasteiger partial charge in [0, 0.05) is 11.3 Å². The lowest BCUT2D eigenvalue weighted by Crippen LogP contribution is -2.42. The molecule has 0 aliphatic rings. The Labute approximate surface area is 194 Å². The van der Waals surface area contributed by atoms with E-state index in [0.717, 1.165) is 35.4 Å². The van der Waals surface area contributed by atoms with Crippen LogP contribution in [0.4, 0.5) is 13.2 Å². The first-order chi connectivity index (χ1) is 15.6. The first kappa shape index (κ1) is 24.5. The maximum atomic E-state index is 13.0. The van der Waals surface area contributed by atoms with Gasteiger partial charge in [-0.2, -0.15) is 13.2 Å². The Morgan fingerprint density at radius 2 is 1.76 bits per heavy atom. The zero-order chi connectivity index (χ0) is 24.2. The summed E-state index contributed by atoms with van der Waals surface area (Å²) < 4.78 is 38.9. The number of carbonyl (C=O) groups is 2. The Hall–Kier alpha value is -3.13. The number of amides is 1. The summed E-state index contributed by atoms with van der Waals surface area (Å²) in [5, 5.41) is 12.2. The van der Waals surface area contributed by atoms with Crippen molar-refractivity contribution in [3.63, 3.8) is 0 Å². The molecule has 174 valence electrons. The Kier molecular flexibility index (Phi) is 7.58. The predicted molar refractivity (Wildman–Crippen MR) is 123 cm³/mol. The summed E-state index contributed by atoms with van der Waals surface area (Å²) in [4.78, 5) is 25.9. The van der Waals surface area contributed by atoms with Gasteiger partial charge in [0.15, 0.2) is 0 Å². The monoisotopic (exact) mass is 475 g/mol. The summed E-state index contributed by atoms with van der Waals surface area (Å²) in [6.45, 7) is 3.99. The van der Waals surface area contributed by atoms with Crippen LogP contribution >= 0.6 is 11.3 Å². The number of aryl methyl sites for hydroxylation is 2. The maximum absolute atomic E-state index is 13.0. The highest BCUT2D eigenvalue weighted by Crippen LogP contribution is 2.32. The SMILES string of the molecule is CCCc1cc(C(=O)N[C@H](Cc2ccc(-c3cccc(C(F)(F)F)c3)cc2)C(=O)O)sc1C. The van der Waals surface area contributed by atoms with Crippen LogP contribution in [0.5, 0.6) is 0 Å². The predicted octanol–water partition coefficient (Wildman–Crippen LogP) is 6.12. The second-order valence-corrected chi connectivity index (χ2v) is 9.04. The molecule has 1 aromatic heterocycles. The lowest BCUT2D eigenvalue weighted by molar-refractivity contribution is -0.139. The molecule has 1 atom stereocenters. The van der Waals surface area contributed by atoms with E-state index in [1.165, 1.54) is 17.4 Å². The number of rotatable bonds is 8. The molecule has 0 spiro atoms. The van der Waals surface area contributed by atoms with E-state index in [-0.39, 0.29) is 6.42 Å². The third-order valence-corrected chi connectivity index (χ3v) is 6.38. The molecule has 0 bridgehead atoms. The van der Waals surface area contributed by atoms with Gasteiger partial charge >= 0.3 is 12.1 Å². The van der Waals surface area contributed by atoms with Gasteiger partial charge in [-0.1, -0.05) is 49.7 Å². The van der Waals surface area contributed by atoms with Crippen molar-refractivity contribution >= 4 is 23.2 Å². The van der Waals surface area contributed by atoms with Gasteiger partial charge in [-0.25, -0.2) is 4.79 Å². The van der Waals surface area contributed by atoms with Gasteiger partial charge in [0.2, 0.25) is 0 Å². The third kappa shape index (κ3) is 6.22. The van der Waals surface area contributed by atoms with Crippen LogP contribution in [-0.2, 0) is 23.8 Å². The number of hydrogen-bond acceptors (Lipinski definition) is 3. The summed E-state index contributed by atoms with van der Waals surface area (Å²) >= 11 is 1.34. The van der Waals surface area contributed by atoms with Crippen molar-refractivity contribution in [1.29, 1.82) is 0 Å². The van der Waals surface area contributed by atoms with Crippen molar-refractivity contribution in [3.8, 4) is 11.1 Å². The van der Waals surface area contributed by atoms with Crippen LogP contribution in [0.2, 0.25) is 0 Å². The number of halogens is 3. The van der Waals surface area contributed by atoms with Crippen LogP contribution in [-0.4, -0.2) is 23.0 Å². The molecule has 0 radical (unpaired) electrons. The molecule has 0 saturated heterocycles. The average Bonchev–Trinajstić information content (AvgIpc) is 3.14. The molecular formula is C25H24F3NO3S. The highest BCUT2D eigenvalue weighted by atomic mass is 32.1. The van der Waals surface area contributed by atoms with E-state index in [9.17, 15) is 27.9 Å². The zero-order valence-corrected chi connectivity index (χ0v) is 19.0. The van der Waals surface area contributed by atoms with Gasteiger partial charge in [-0.3, -0.25) is 4.79 Å². The first-order valence-electron chi connectivity index (χ1n) is 10.5. The lowest BCUT2D eigenvalue weighted by Gasteiger charge is -2.15. The van der Waals surface area contributed by atoms with Gasteiger partial charge in [0.05, 0.1) is 10.4 Å². The summed E-state index contributed by atoms with van der Waals surface area (Å²) in [5.41, 5.74) is 1.99. The van der Waals surface area contributed by atoms with Crippen LogP contribution in [0.1, 0.15) is 44.6 Å². The molecule has 1 amide bonds. The Balaban J connectivity index is 1.72. The highest BCUT2D eigenvalue weighted by molar-refractivity contribution is 7.14. The van der Waals surface area contributed by atoms with Crippen molar-refractivity contribution in [2.24, 2.45) is 0 Å². The van der Waals surface area contributed by atoms with Crippen LogP contribution in [0.3, 0.4) is 0 Å². The molecule has 4 nitrogen and oxygen atoms in total. The summed E-state index contributed by atoms with van der Waals surface area (Å²) in [7, 11) is 0. The fraction of sp³-hybridized carbons (Fsp3) is 0.280. The standard InChI is InChI=1S/C25H24F3NO3S/c1-3-5-18-14-22(33-15(18)2)23(30)29-21(24(31)32)12-16-8-10-17(11-9-16)19-6-4-7-20(13-19)25(26,27)28/h4,6-11,13-14,21H,3,5,12H2,1-2H3,(H,29,30)(H,31,32)/t21-/m1/s1. The zero-order valence-electron chi connectivity index (χ0n) is 18.2. The van der Waals surface area contributed by atoms with Crippen molar-refractivity contribution < 1.29 is 27.9 Å². The number of nitrogens with one attached hydrogen (secondary N) is 1. The smallest absolute Gasteiger partial charge is 0.416 e. The summed E-state index contributed by atoms with van der Waals surface area (Å²) in [6.07, 6.45) is -2.57. The molecule has 0 unspecified atom stereocenters. The Morgan fingerprint density at radius 1 is 1.06 bits per heavy atom. The highest BCUT2D eigenvalue weighted by Gasteiger charge is 2.30. The molecule has 33 heavy (non-hydrogen) atoms. The molecular weight excluding hydrogens is 451 g/mol. The van der Waals surface area contributed by atoms with Gasteiger partial charge in [-0.15, -0.1) is 11.3 Å². The van der Waals surface area contributed by atoms with E-state index < -0.39 is 29.7 Å². The Bertz CT molecular complexity index is 1140. The molecule has 8 heteroatoms. The molecule has 0 saturated carbocycles. The number of carboxylic acid groups (broad SMARTS) is 1. The second-order valence-electron chi connectivity index (χ2n) is 7.79. The van der Waals surface area contributed by atoms with Crippen LogP contribution < -0.4 is 5.32 Å². The van der Waals surface area contributed by atoms with E-state index >= 15 is 0 Å². The number of alkyl halides is 3. The van der Waals surface area contributed by atoms with Crippen LogP contribution in [0.25, 0.3) is 11.1 Å². The largest absolute Gasteiger partial charge is 0.480 e. The number of carbonyl (C=O) groups excluding carboxylic acids is 1. The van der Waals surface area contributed by atoms with Gasteiger partial charge in [0.1, 0.15) is 6.04 Å². The summed E-state index contributed by atoms with van der Waals surface area (Å²) in [6, 6.07) is 12.3. The minimum Gasteiger partial charge on any atom is -0.480 e. The number of hydrogen-bond donors (Lipinski definition) is 2. The van der Waals surface area contributed by atoms with E-state index in [4.69, 9.17) is 0 Å². The number of aliphatic carboxylic acids is 1. The maximum Gasteiger partial charge on any atom is 0.416 e. The van der Waals surface area contributed by atoms with Crippen molar-refractivity contribution in [2.45, 2.75) is 45.3 Å². The average molecular weight is 476 g/mol. The lowest BCUT2D eigenvalue weighted by atomic mass is 9.99. The van der Waals surface area contributed by atoms with Crippen molar-refractivity contribution in [3.05, 3.63) is 81.0 Å². The second kappa shape index (κ2) is 10.2. The minimum absolute atomic E-state index is 0.0517. The topological polar surface area (TPSA) is 66.4 Å². The van der Waals surface area contributed by atoms with E-state index in [0.29, 0.717) is 21.6 Å². The number of carboxylic acids is 1. The normalized spacial score (nSPS) is 12.4. The van der Waals surface area contributed by atoms with E-state index in [1.807, 2.05) is 13.0 Å².